The second-order valence-corrected chi connectivity index (χ2v) is 3.71. The molecule has 0 N–H and O–H groups in total. The number of hydrogen-bond donors (Lipinski definition) is 0. The van der Waals surface area contributed by atoms with E-state index in [1.807, 2.05) is 0 Å². The minimum absolute atomic E-state index is 0.355. The maximum atomic E-state index is 13.1. The number of alkyl halides is 1. The molecule has 10 heavy (non-hydrogen) atoms. The van der Waals surface area contributed by atoms with Gasteiger partial charge in [0.15, 0.2) is 0 Å². The minimum Gasteiger partial charge on any atom is -0.247 e. The van der Waals surface area contributed by atoms with Gasteiger partial charge < -0.3 is 0 Å². The van der Waals surface area contributed by atoms with Crippen LogP contribution in [0.25, 0.3) is 0 Å². The van der Waals surface area contributed by atoms with Gasteiger partial charge >= 0.3 is 0 Å². The Morgan fingerprint density at radius 3 is 2.20 bits per heavy atom. The molecule has 2 atom stereocenters. The average Bonchev–Trinajstić information content (AvgIpc) is 1.88. The van der Waals surface area contributed by atoms with Gasteiger partial charge in [0.05, 0.1) is 0 Å². The van der Waals surface area contributed by atoms with Crippen LogP contribution in [-0.4, -0.2) is 6.17 Å². The van der Waals surface area contributed by atoms with E-state index in [2.05, 4.69) is 13.8 Å². The predicted molar refractivity (Wildman–Crippen MR) is 41.7 cm³/mol. The van der Waals surface area contributed by atoms with Crippen LogP contribution in [0.15, 0.2) is 0 Å². The fourth-order valence-corrected chi connectivity index (χ4v) is 1.87. The van der Waals surface area contributed by atoms with Crippen LogP contribution in [0.2, 0.25) is 0 Å². The van der Waals surface area contributed by atoms with E-state index in [0.717, 1.165) is 19.3 Å². The Morgan fingerprint density at radius 1 is 1.20 bits per heavy atom. The zero-order valence-electron chi connectivity index (χ0n) is 6.94. The molecule has 0 aromatic carbocycles. The van der Waals surface area contributed by atoms with Crippen LogP contribution in [0.4, 0.5) is 4.39 Å². The zero-order chi connectivity index (χ0) is 7.56. The Bertz CT molecular complexity index is 98.9. The third kappa shape index (κ3) is 1.71. The summed E-state index contributed by atoms with van der Waals surface area (Å²) < 4.78 is 13.1. The van der Waals surface area contributed by atoms with Gasteiger partial charge in [0, 0.05) is 0 Å². The first kappa shape index (κ1) is 8.03. The molecule has 0 aromatic rings. The number of halogens is 1. The van der Waals surface area contributed by atoms with E-state index < -0.39 is 6.17 Å². The van der Waals surface area contributed by atoms with Gasteiger partial charge in [0.25, 0.3) is 0 Å². The van der Waals surface area contributed by atoms with Crippen molar-refractivity contribution in [2.45, 2.75) is 45.7 Å². The SMILES string of the molecule is CC(C)[C@@H]1CCCC[C@@H]1F. The van der Waals surface area contributed by atoms with Crippen molar-refractivity contribution in [3.05, 3.63) is 0 Å². The zero-order valence-corrected chi connectivity index (χ0v) is 6.94. The summed E-state index contributed by atoms with van der Waals surface area (Å²) in [7, 11) is 0. The fourth-order valence-electron chi connectivity index (χ4n) is 1.87. The van der Waals surface area contributed by atoms with Gasteiger partial charge in [-0.25, -0.2) is 4.39 Å². The molecule has 0 aromatic heterocycles. The molecule has 1 fully saturated rings. The molecule has 0 saturated heterocycles. The van der Waals surface area contributed by atoms with Gasteiger partial charge in [-0.3, -0.25) is 0 Å². The molecule has 0 nitrogen and oxygen atoms in total. The lowest BCUT2D eigenvalue weighted by Gasteiger charge is -2.28. The average molecular weight is 144 g/mol. The first-order valence-electron chi connectivity index (χ1n) is 4.36. The molecular formula is C9H17F. The molecule has 0 spiro atoms. The van der Waals surface area contributed by atoms with Gasteiger partial charge in [-0.1, -0.05) is 26.7 Å². The monoisotopic (exact) mass is 144 g/mol. The van der Waals surface area contributed by atoms with Crippen LogP contribution in [0.5, 0.6) is 0 Å². The highest BCUT2D eigenvalue weighted by molar-refractivity contribution is 4.76. The normalized spacial score (nSPS) is 34.8. The quantitative estimate of drug-likeness (QED) is 0.530. The van der Waals surface area contributed by atoms with E-state index in [-0.39, 0.29) is 0 Å². The topological polar surface area (TPSA) is 0 Å². The summed E-state index contributed by atoms with van der Waals surface area (Å²) in [6.07, 6.45) is 3.75. The first-order chi connectivity index (χ1) is 4.72. The molecule has 0 radical (unpaired) electrons. The molecule has 1 aliphatic rings. The lowest BCUT2D eigenvalue weighted by atomic mass is 9.80. The minimum atomic E-state index is -0.506. The first-order valence-corrected chi connectivity index (χ1v) is 4.36. The van der Waals surface area contributed by atoms with Crippen molar-refractivity contribution in [2.75, 3.05) is 0 Å². The van der Waals surface area contributed by atoms with E-state index >= 15 is 0 Å². The van der Waals surface area contributed by atoms with E-state index in [4.69, 9.17) is 0 Å². The van der Waals surface area contributed by atoms with Crippen molar-refractivity contribution in [2.24, 2.45) is 11.8 Å². The molecule has 1 saturated carbocycles. The summed E-state index contributed by atoms with van der Waals surface area (Å²) in [4.78, 5) is 0. The largest absolute Gasteiger partial charge is 0.247 e. The molecule has 1 heteroatoms. The summed E-state index contributed by atoms with van der Waals surface area (Å²) in [5.41, 5.74) is 0. The third-order valence-corrected chi connectivity index (χ3v) is 2.59. The van der Waals surface area contributed by atoms with Gasteiger partial charge in [0.1, 0.15) is 6.17 Å². The Kier molecular flexibility index (Phi) is 2.70. The molecule has 1 rings (SSSR count). The van der Waals surface area contributed by atoms with Crippen molar-refractivity contribution in [1.82, 2.24) is 0 Å². The second kappa shape index (κ2) is 3.36. The van der Waals surface area contributed by atoms with Crippen LogP contribution in [0.1, 0.15) is 39.5 Å². The maximum absolute atomic E-state index is 13.1. The van der Waals surface area contributed by atoms with E-state index in [0.29, 0.717) is 11.8 Å². The summed E-state index contributed by atoms with van der Waals surface area (Å²) >= 11 is 0. The van der Waals surface area contributed by atoms with Crippen LogP contribution < -0.4 is 0 Å². The van der Waals surface area contributed by atoms with Gasteiger partial charge in [-0.05, 0) is 24.7 Å². The standard InChI is InChI=1S/C9H17F/c1-7(2)8-5-3-4-6-9(8)10/h7-9H,3-6H2,1-2H3/t8-,9-/m0/s1. The van der Waals surface area contributed by atoms with Gasteiger partial charge in [-0.2, -0.15) is 0 Å². The molecular weight excluding hydrogens is 127 g/mol. The highest BCUT2D eigenvalue weighted by Crippen LogP contribution is 2.31. The summed E-state index contributed by atoms with van der Waals surface area (Å²) in [5, 5.41) is 0. The van der Waals surface area contributed by atoms with E-state index in [9.17, 15) is 4.39 Å². The summed E-state index contributed by atoms with van der Waals surface area (Å²) in [6, 6.07) is 0. The Balaban J connectivity index is 2.40. The summed E-state index contributed by atoms with van der Waals surface area (Å²) in [6.45, 7) is 4.26. The van der Waals surface area contributed by atoms with Crippen molar-refractivity contribution < 1.29 is 4.39 Å². The Labute approximate surface area is 62.8 Å². The number of rotatable bonds is 1. The third-order valence-electron chi connectivity index (χ3n) is 2.59. The fraction of sp³-hybridized carbons (Fsp3) is 1.00. The van der Waals surface area contributed by atoms with Crippen LogP contribution >= 0.6 is 0 Å². The lowest BCUT2D eigenvalue weighted by Crippen LogP contribution is -2.24. The van der Waals surface area contributed by atoms with Gasteiger partial charge in [-0.15, -0.1) is 0 Å². The predicted octanol–water partition coefficient (Wildman–Crippen LogP) is 3.17. The van der Waals surface area contributed by atoms with Gasteiger partial charge in [0.2, 0.25) is 0 Å². The molecule has 0 amide bonds. The Hall–Kier alpha value is -0.0700. The molecule has 0 bridgehead atoms. The van der Waals surface area contributed by atoms with Crippen molar-refractivity contribution in [3.63, 3.8) is 0 Å². The van der Waals surface area contributed by atoms with Crippen molar-refractivity contribution in [3.8, 4) is 0 Å². The molecule has 60 valence electrons. The second-order valence-electron chi connectivity index (χ2n) is 3.71. The molecule has 0 aliphatic heterocycles. The highest BCUT2D eigenvalue weighted by Gasteiger charge is 2.26. The van der Waals surface area contributed by atoms with Crippen molar-refractivity contribution >= 4 is 0 Å². The van der Waals surface area contributed by atoms with E-state index in [1.165, 1.54) is 6.42 Å². The number of hydrogen-bond acceptors (Lipinski definition) is 0. The van der Waals surface area contributed by atoms with E-state index in [1.54, 1.807) is 0 Å². The molecule has 1 aliphatic carbocycles. The Morgan fingerprint density at radius 2 is 1.80 bits per heavy atom. The van der Waals surface area contributed by atoms with Crippen molar-refractivity contribution in [1.29, 1.82) is 0 Å². The lowest BCUT2D eigenvalue weighted by molar-refractivity contribution is 0.127. The summed E-state index contributed by atoms with van der Waals surface area (Å²) in [5.74, 6) is 0.893. The maximum Gasteiger partial charge on any atom is 0.103 e. The molecule has 0 heterocycles. The highest BCUT2D eigenvalue weighted by atomic mass is 19.1. The smallest absolute Gasteiger partial charge is 0.103 e. The van der Waals surface area contributed by atoms with Crippen LogP contribution in [-0.2, 0) is 0 Å². The van der Waals surface area contributed by atoms with Crippen LogP contribution in [0.3, 0.4) is 0 Å². The molecule has 0 unspecified atom stereocenters. The van der Waals surface area contributed by atoms with Crippen LogP contribution in [0, 0.1) is 11.8 Å².